The molecule has 4 fully saturated rings. The third kappa shape index (κ3) is 3.64. The number of rotatable bonds is 6. The first-order chi connectivity index (χ1) is 15.1. The molecule has 3 heterocycles. The van der Waals surface area contributed by atoms with Crippen molar-refractivity contribution in [1.29, 1.82) is 0 Å². The molecule has 9 heteroatoms. The van der Waals surface area contributed by atoms with E-state index in [0.29, 0.717) is 23.3 Å². The molecule has 0 unspecified atom stereocenters. The van der Waals surface area contributed by atoms with E-state index in [2.05, 4.69) is 30.6 Å². The van der Waals surface area contributed by atoms with E-state index in [4.69, 9.17) is 4.52 Å². The molecule has 0 aliphatic heterocycles. The van der Waals surface area contributed by atoms with Crippen LogP contribution in [-0.4, -0.2) is 31.2 Å². The first-order valence-corrected chi connectivity index (χ1v) is 11.8. The normalized spacial score (nSPS) is 28.7. The van der Waals surface area contributed by atoms with Gasteiger partial charge in [0.1, 0.15) is 5.01 Å². The highest BCUT2D eigenvalue weighted by molar-refractivity contribution is 7.15. The summed E-state index contributed by atoms with van der Waals surface area (Å²) in [6.45, 7) is 0. The van der Waals surface area contributed by atoms with Gasteiger partial charge in [-0.25, -0.2) is 0 Å². The van der Waals surface area contributed by atoms with Gasteiger partial charge in [0.2, 0.25) is 22.8 Å². The van der Waals surface area contributed by atoms with Gasteiger partial charge in [-0.3, -0.25) is 9.78 Å². The van der Waals surface area contributed by atoms with Crippen LogP contribution < -0.4 is 5.32 Å². The Morgan fingerprint density at radius 2 is 1.81 bits per heavy atom. The van der Waals surface area contributed by atoms with Crippen LogP contribution in [0.25, 0.3) is 11.4 Å². The Hall–Kier alpha value is -2.68. The number of nitrogens with zero attached hydrogens (tertiary/aromatic N) is 5. The zero-order chi connectivity index (χ0) is 20.8. The molecule has 8 nitrogen and oxygen atoms in total. The second-order valence-corrected chi connectivity index (χ2v) is 10.4. The van der Waals surface area contributed by atoms with Crippen LogP contribution in [0.4, 0.5) is 5.13 Å². The van der Waals surface area contributed by atoms with Crippen LogP contribution in [0.2, 0.25) is 0 Å². The van der Waals surface area contributed by atoms with Gasteiger partial charge >= 0.3 is 0 Å². The minimum Gasteiger partial charge on any atom is -0.339 e. The third-order valence-corrected chi connectivity index (χ3v) is 8.22. The second kappa shape index (κ2) is 7.47. The first kappa shape index (κ1) is 19.0. The fourth-order valence-corrected chi connectivity index (χ4v) is 7.22. The van der Waals surface area contributed by atoms with Crippen molar-refractivity contribution in [2.24, 2.45) is 17.8 Å². The van der Waals surface area contributed by atoms with E-state index < -0.39 is 0 Å². The highest BCUT2D eigenvalue weighted by Gasteiger charge is 2.53. The summed E-state index contributed by atoms with van der Waals surface area (Å²) >= 11 is 1.56. The maximum atomic E-state index is 12.4. The SMILES string of the molecule is O=C(CCc1nc(-c2ccncc2)no1)Nc1nnc(C23CC4CC(CC(C4)C2)C3)s1. The molecule has 0 atom stereocenters. The minimum absolute atomic E-state index is 0.114. The molecular weight excluding hydrogens is 412 g/mol. The monoisotopic (exact) mass is 436 g/mol. The van der Waals surface area contributed by atoms with Crippen LogP contribution in [-0.2, 0) is 16.6 Å². The molecule has 1 N–H and O–H groups in total. The molecule has 4 aliphatic rings. The molecule has 31 heavy (non-hydrogen) atoms. The molecule has 3 aromatic rings. The van der Waals surface area contributed by atoms with Gasteiger partial charge in [-0.05, 0) is 68.4 Å². The number of hydrogen-bond acceptors (Lipinski definition) is 8. The standard InChI is InChI=1S/C22H24N6O2S/c29-17(1-2-18-25-19(28-30-18)16-3-5-23-6-4-16)24-21-27-26-20(31-21)22-10-13-7-14(11-22)9-15(8-13)12-22/h3-6,13-15H,1-2,7-12H2,(H,24,27,29). The summed E-state index contributed by atoms with van der Waals surface area (Å²) in [6, 6.07) is 3.64. The third-order valence-electron chi connectivity index (χ3n) is 7.14. The molecule has 3 aromatic heterocycles. The van der Waals surface area contributed by atoms with Gasteiger partial charge in [-0.15, -0.1) is 10.2 Å². The molecule has 7 rings (SSSR count). The van der Waals surface area contributed by atoms with Gasteiger partial charge in [0.25, 0.3) is 0 Å². The molecule has 0 saturated heterocycles. The Kier molecular flexibility index (Phi) is 4.59. The number of pyridine rings is 1. The quantitative estimate of drug-likeness (QED) is 0.622. The van der Waals surface area contributed by atoms with E-state index in [1.165, 1.54) is 38.5 Å². The average molecular weight is 437 g/mol. The summed E-state index contributed by atoms with van der Waals surface area (Å²) in [5.41, 5.74) is 1.04. The number of anilines is 1. The average Bonchev–Trinajstić information content (AvgIpc) is 3.42. The predicted molar refractivity (Wildman–Crippen MR) is 114 cm³/mol. The minimum atomic E-state index is -0.114. The van der Waals surface area contributed by atoms with Crippen molar-refractivity contribution >= 4 is 22.4 Å². The summed E-state index contributed by atoms with van der Waals surface area (Å²) in [5.74, 6) is 3.41. The molecule has 4 bridgehead atoms. The molecule has 0 radical (unpaired) electrons. The van der Waals surface area contributed by atoms with Crippen LogP contribution in [0.1, 0.15) is 55.8 Å². The van der Waals surface area contributed by atoms with Crippen LogP contribution in [0.5, 0.6) is 0 Å². The van der Waals surface area contributed by atoms with E-state index in [1.807, 2.05) is 12.1 Å². The van der Waals surface area contributed by atoms with Gasteiger partial charge < -0.3 is 9.84 Å². The Morgan fingerprint density at radius 1 is 1.10 bits per heavy atom. The number of carbonyl (C=O) groups excluding carboxylic acids is 1. The maximum absolute atomic E-state index is 12.4. The molecule has 1 amide bonds. The number of aromatic nitrogens is 5. The van der Waals surface area contributed by atoms with Crippen molar-refractivity contribution in [2.45, 2.75) is 56.8 Å². The lowest BCUT2D eigenvalue weighted by Crippen LogP contribution is -2.48. The van der Waals surface area contributed by atoms with Gasteiger partial charge in [0.15, 0.2) is 0 Å². The van der Waals surface area contributed by atoms with E-state index in [1.54, 1.807) is 23.7 Å². The number of hydrogen-bond donors (Lipinski definition) is 1. The molecule has 4 saturated carbocycles. The fraction of sp³-hybridized carbons (Fsp3) is 0.545. The Labute approximate surface area is 183 Å². The first-order valence-electron chi connectivity index (χ1n) is 11.0. The molecule has 0 spiro atoms. The van der Waals surface area contributed by atoms with E-state index >= 15 is 0 Å². The van der Waals surface area contributed by atoms with Crippen molar-refractivity contribution in [2.75, 3.05) is 5.32 Å². The van der Waals surface area contributed by atoms with Gasteiger partial charge in [0, 0.05) is 36.2 Å². The summed E-state index contributed by atoms with van der Waals surface area (Å²) in [5, 5.41) is 17.4. The second-order valence-electron chi connectivity index (χ2n) is 9.41. The van der Waals surface area contributed by atoms with Crippen LogP contribution >= 0.6 is 11.3 Å². The lowest BCUT2D eigenvalue weighted by Gasteiger charge is -2.55. The van der Waals surface area contributed by atoms with Crippen LogP contribution in [0.15, 0.2) is 29.0 Å². The van der Waals surface area contributed by atoms with Crippen LogP contribution in [0, 0.1) is 17.8 Å². The number of aryl methyl sites for hydroxylation is 1. The van der Waals surface area contributed by atoms with Gasteiger partial charge in [-0.1, -0.05) is 16.5 Å². The molecular formula is C22H24N6O2S. The number of carbonyl (C=O) groups is 1. The van der Waals surface area contributed by atoms with Crippen molar-refractivity contribution in [3.63, 3.8) is 0 Å². The van der Waals surface area contributed by atoms with Gasteiger partial charge in [-0.2, -0.15) is 4.98 Å². The van der Waals surface area contributed by atoms with Crippen molar-refractivity contribution in [1.82, 2.24) is 25.3 Å². The predicted octanol–water partition coefficient (Wildman–Crippen LogP) is 4.02. The van der Waals surface area contributed by atoms with Crippen molar-refractivity contribution < 1.29 is 9.32 Å². The highest BCUT2D eigenvalue weighted by atomic mass is 32.1. The zero-order valence-electron chi connectivity index (χ0n) is 17.2. The summed E-state index contributed by atoms with van der Waals surface area (Å²) in [7, 11) is 0. The van der Waals surface area contributed by atoms with Crippen LogP contribution in [0.3, 0.4) is 0 Å². The van der Waals surface area contributed by atoms with E-state index in [0.717, 1.165) is 28.3 Å². The highest BCUT2D eigenvalue weighted by Crippen LogP contribution is 2.61. The van der Waals surface area contributed by atoms with E-state index in [9.17, 15) is 4.79 Å². The van der Waals surface area contributed by atoms with Gasteiger partial charge in [0.05, 0.1) is 0 Å². The smallest absolute Gasteiger partial charge is 0.227 e. The Balaban J connectivity index is 1.07. The number of nitrogens with one attached hydrogen (secondary N) is 1. The van der Waals surface area contributed by atoms with Crippen molar-refractivity contribution in [3.05, 3.63) is 35.4 Å². The summed E-state index contributed by atoms with van der Waals surface area (Å²) in [4.78, 5) is 20.8. The maximum Gasteiger partial charge on any atom is 0.227 e. The molecule has 4 aliphatic carbocycles. The molecule has 160 valence electrons. The Morgan fingerprint density at radius 3 is 2.52 bits per heavy atom. The summed E-state index contributed by atoms with van der Waals surface area (Å²) in [6.07, 6.45) is 11.9. The lowest BCUT2D eigenvalue weighted by atomic mass is 9.50. The van der Waals surface area contributed by atoms with E-state index in [-0.39, 0.29) is 17.7 Å². The fourth-order valence-electron chi connectivity index (χ4n) is 6.24. The zero-order valence-corrected chi connectivity index (χ0v) is 18.0. The van der Waals surface area contributed by atoms with Crippen molar-refractivity contribution in [3.8, 4) is 11.4 Å². The number of amides is 1. The molecule has 0 aromatic carbocycles. The summed E-state index contributed by atoms with van der Waals surface area (Å²) < 4.78 is 5.27. The lowest BCUT2D eigenvalue weighted by molar-refractivity contribution is -0.116. The Bertz CT molecular complexity index is 1060. The largest absolute Gasteiger partial charge is 0.339 e. The topological polar surface area (TPSA) is 107 Å².